The van der Waals surface area contributed by atoms with E-state index < -0.39 is 5.60 Å². The fourth-order valence-corrected chi connectivity index (χ4v) is 7.76. The van der Waals surface area contributed by atoms with Crippen LogP contribution in [0.4, 0.5) is 0 Å². The highest BCUT2D eigenvalue weighted by molar-refractivity contribution is 5.44. The highest BCUT2D eigenvalue weighted by Gasteiger charge is 2.79. The number of rotatable bonds is 0. The molecule has 6 rings (SSSR count). The maximum Gasteiger partial charge on any atom is 0.171 e. The van der Waals surface area contributed by atoms with Gasteiger partial charge in [0, 0.05) is 18.3 Å². The van der Waals surface area contributed by atoms with Gasteiger partial charge in [-0.1, -0.05) is 18.9 Å². The summed E-state index contributed by atoms with van der Waals surface area (Å²) in [5.74, 6) is 6.83. The molecular weight excluding hydrogens is 340 g/mol. The average Bonchev–Trinajstić information content (AvgIpc) is 2.99. The smallest absolute Gasteiger partial charge is 0.171 e. The van der Waals surface area contributed by atoms with Gasteiger partial charge >= 0.3 is 0 Å². The zero-order chi connectivity index (χ0) is 18.5. The lowest BCUT2D eigenvalue weighted by Gasteiger charge is -2.51. The largest absolute Gasteiger partial charge is 0.377 e. The van der Waals surface area contributed by atoms with Gasteiger partial charge in [-0.2, -0.15) is 0 Å². The lowest BCUT2D eigenvalue weighted by molar-refractivity contribution is -0.185. The van der Waals surface area contributed by atoms with Crippen LogP contribution in [0.1, 0.15) is 65.2 Å². The Morgan fingerprint density at radius 3 is 2.70 bits per heavy atom. The molecule has 146 valence electrons. The minimum Gasteiger partial charge on any atom is -0.377 e. The van der Waals surface area contributed by atoms with Crippen LogP contribution in [0, 0.1) is 29.1 Å². The molecule has 0 amide bonds. The zero-order valence-electron chi connectivity index (χ0n) is 16.5. The van der Waals surface area contributed by atoms with Crippen molar-refractivity contribution in [1.82, 2.24) is 0 Å². The number of hydrogen-bond donors (Lipinski definition) is 1. The van der Waals surface area contributed by atoms with Crippen molar-refractivity contribution in [3.8, 4) is 11.8 Å². The Kier molecular flexibility index (Phi) is 3.15. The van der Waals surface area contributed by atoms with Crippen LogP contribution in [-0.4, -0.2) is 40.9 Å². The van der Waals surface area contributed by atoms with E-state index in [-0.39, 0.29) is 22.4 Å². The van der Waals surface area contributed by atoms with Gasteiger partial charge in [-0.3, -0.25) is 0 Å². The van der Waals surface area contributed by atoms with Gasteiger partial charge in [-0.25, -0.2) is 0 Å². The van der Waals surface area contributed by atoms with Gasteiger partial charge in [0.15, 0.2) is 5.79 Å². The molecule has 0 aromatic rings. The molecule has 0 unspecified atom stereocenters. The molecule has 0 aromatic heterocycles. The third-order valence-corrected chi connectivity index (χ3v) is 9.16. The Balaban J connectivity index is 1.35. The molecule has 1 N–H and O–H groups in total. The molecule has 6 atom stereocenters. The maximum atomic E-state index is 11.3. The summed E-state index contributed by atoms with van der Waals surface area (Å²) >= 11 is 0. The SMILES string of the molecule is CC#C[C@@]1(O)CC[C@@H]2[C@H]3CC[C@@]45CC6(CC[C@@]4(O5)C3=CC[C@]21C)OCCO6. The van der Waals surface area contributed by atoms with Crippen LogP contribution >= 0.6 is 0 Å². The third kappa shape index (κ3) is 1.86. The molecule has 3 saturated carbocycles. The number of allylic oxidation sites excluding steroid dienone is 1. The highest BCUT2D eigenvalue weighted by atomic mass is 16.7. The second-order valence-corrected chi connectivity index (χ2v) is 10.0. The summed E-state index contributed by atoms with van der Waals surface area (Å²) in [6.45, 7) is 5.54. The van der Waals surface area contributed by atoms with Crippen LogP contribution in [0.3, 0.4) is 0 Å². The standard InChI is InChI=1S/C23H30O4/c1-3-7-20(24)9-6-17-16-4-10-21-15-22(25-13-14-26-22)11-12-23(21,27-21)18(16)5-8-19(17,20)2/h5,16-17,24H,4,6,8-15H2,1-2H3/t16-,17-,19-,20-,21-,23-/m1/s1. The van der Waals surface area contributed by atoms with E-state index in [1.165, 1.54) is 5.57 Å². The molecule has 2 saturated heterocycles. The summed E-state index contributed by atoms with van der Waals surface area (Å²) in [5, 5.41) is 11.3. The minimum absolute atomic E-state index is 0.0657. The van der Waals surface area contributed by atoms with Crippen molar-refractivity contribution in [3.05, 3.63) is 11.6 Å². The molecule has 2 heterocycles. The van der Waals surface area contributed by atoms with E-state index >= 15 is 0 Å². The summed E-state index contributed by atoms with van der Waals surface area (Å²) in [7, 11) is 0. The first-order valence-electron chi connectivity index (χ1n) is 10.8. The Morgan fingerprint density at radius 2 is 1.93 bits per heavy atom. The molecule has 27 heavy (non-hydrogen) atoms. The molecule has 0 bridgehead atoms. The van der Waals surface area contributed by atoms with E-state index in [9.17, 15) is 5.11 Å². The first kappa shape index (κ1) is 17.0. The molecule has 4 aliphatic carbocycles. The third-order valence-electron chi connectivity index (χ3n) is 9.16. The molecular formula is C23H30O4. The minimum atomic E-state index is -0.840. The summed E-state index contributed by atoms with van der Waals surface area (Å²) < 4.78 is 18.7. The monoisotopic (exact) mass is 370 g/mol. The van der Waals surface area contributed by atoms with Crippen LogP contribution in [0.2, 0.25) is 0 Å². The number of aliphatic hydroxyl groups is 1. The number of hydrogen-bond acceptors (Lipinski definition) is 4. The Morgan fingerprint density at radius 1 is 1.11 bits per heavy atom. The molecule has 4 nitrogen and oxygen atoms in total. The number of fused-ring (bicyclic) bond motifs is 3. The van der Waals surface area contributed by atoms with Gasteiger partial charge < -0.3 is 19.3 Å². The van der Waals surface area contributed by atoms with Gasteiger partial charge in [0.05, 0.1) is 13.2 Å². The number of ether oxygens (including phenoxy) is 3. The van der Waals surface area contributed by atoms with E-state index in [4.69, 9.17) is 14.2 Å². The van der Waals surface area contributed by atoms with Crippen molar-refractivity contribution in [2.45, 2.75) is 87.8 Å². The summed E-state index contributed by atoms with van der Waals surface area (Å²) in [6, 6.07) is 0. The number of epoxide rings is 1. The van der Waals surface area contributed by atoms with Crippen LogP contribution < -0.4 is 0 Å². The van der Waals surface area contributed by atoms with Crippen LogP contribution in [0.25, 0.3) is 0 Å². The van der Waals surface area contributed by atoms with Crippen molar-refractivity contribution >= 4 is 0 Å². The second kappa shape index (κ2) is 5.00. The first-order chi connectivity index (χ1) is 12.9. The van der Waals surface area contributed by atoms with E-state index in [0.717, 1.165) is 51.4 Å². The van der Waals surface area contributed by atoms with Crippen molar-refractivity contribution in [3.63, 3.8) is 0 Å². The molecule has 5 fully saturated rings. The Bertz CT molecular complexity index is 786. The van der Waals surface area contributed by atoms with Gasteiger partial charge in [-0.15, -0.1) is 5.92 Å². The Hall–Kier alpha value is -0.860. The highest BCUT2D eigenvalue weighted by Crippen LogP contribution is 2.74. The fourth-order valence-electron chi connectivity index (χ4n) is 7.76. The lowest BCUT2D eigenvalue weighted by atomic mass is 9.53. The zero-order valence-corrected chi connectivity index (χ0v) is 16.5. The summed E-state index contributed by atoms with van der Waals surface area (Å²) in [5.41, 5.74) is 0.424. The summed E-state index contributed by atoms with van der Waals surface area (Å²) in [6.07, 6.45) is 10.3. The maximum absolute atomic E-state index is 11.3. The molecule has 6 aliphatic rings. The normalized spacial score (nSPS) is 54.1. The van der Waals surface area contributed by atoms with Crippen molar-refractivity contribution < 1.29 is 19.3 Å². The fraction of sp³-hybridized carbons (Fsp3) is 0.826. The topological polar surface area (TPSA) is 51.2 Å². The van der Waals surface area contributed by atoms with Gasteiger partial charge in [-0.05, 0) is 62.9 Å². The van der Waals surface area contributed by atoms with Crippen LogP contribution in [0.15, 0.2) is 11.6 Å². The quantitative estimate of drug-likeness (QED) is 0.404. The molecule has 2 aliphatic heterocycles. The van der Waals surface area contributed by atoms with E-state index in [2.05, 4.69) is 24.8 Å². The first-order valence-corrected chi connectivity index (χ1v) is 10.8. The molecule has 0 radical (unpaired) electrons. The predicted octanol–water partition coefficient (Wildman–Crippen LogP) is 3.33. The lowest BCUT2D eigenvalue weighted by Crippen LogP contribution is -2.53. The predicted molar refractivity (Wildman–Crippen MR) is 99.7 cm³/mol. The van der Waals surface area contributed by atoms with Gasteiger partial charge in [0.25, 0.3) is 0 Å². The van der Waals surface area contributed by atoms with Crippen LogP contribution in [-0.2, 0) is 14.2 Å². The second-order valence-electron chi connectivity index (χ2n) is 10.0. The van der Waals surface area contributed by atoms with Gasteiger partial charge in [0.2, 0.25) is 0 Å². The van der Waals surface area contributed by atoms with E-state index in [1.807, 2.05) is 6.92 Å². The van der Waals surface area contributed by atoms with Crippen molar-refractivity contribution in [2.75, 3.05) is 13.2 Å². The van der Waals surface area contributed by atoms with E-state index in [1.54, 1.807) is 0 Å². The average molecular weight is 370 g/mol. The van der Waals surface area contributed by atoms with Crippen molar-refractivity contribution in [2.24, 2.45) is 17.3 Å². The Labute approximate surface area is 161 Å². The summed E-state index contributed by atoms with van der Waals surface area (Å²) in [4.78, 5) is 0. The van der Waals surface area contributed by atoms with E-state index in [0.29, 0.717) is 25.0 Å². The molecule has 4 heteroatoms. The molecule has 0 aromatic carbocycles. The van der Waals surface area contributed by atoms with Crippen LogP contribution in [0.5, 0.6) is 0 Å². The van der Waals surface area contributed by atoms with Gasteiger partial charge in [0.1, 0.15) is 16.8 Å². The molecule has 1 spiro atoms. The van der Waals surface area contributed by atoms with Crippen molar-refractivity contribution in [1.29, 1.82) is 0 Å².